The van der Waals surface area contributed by atoms with Crippen LogP contribution in [-0.4, -0.2) is 90.1 Å². The fourth-order valence-electron chi connectivity index (χ4n) is 2.52. The van der Waals surface area contributed by atoms with E-state index >= 15 is 0 Å². The number of primary amides is 1. The van der Waals surface area contributed by atoms with Gasteiger partial charge < -0.3 is 34.7 Å². The van der Waals surface area contributed by atoms with Gasteiger partial charge >= 0.3 is 5.97 Å². The average Bonchev–Trinajstić information content (AvgIpc) is 2.86. The van der Waals surface area contributed by atoms with E-state index in [0.29, 0.717) is 39.6 Å². The first-order valence-corrected chi connectivity index (χ1v) is 10.7. The summed E-state index contributed by atoms with van der Waals surface area (Å²) in [5.41, 5.74) is 5.09. The molecule has 35 heavy (non-hydrogen) atoms. The first kappa shape index (κ1) is 29.5. The number of ketones is 1. The number of terminal acetylenes is 1. The maximum absolute atomic E-state index is 12.5. The third-order valence-corrected chi connectivity index (χ3v) is 4.13. The quantitative estimate of drug-likeness (QED) is 0.0961. The van der Waals surface area contributed by atoms with Crippen molar-refractivity contribution in [3.63, 3.8) is 0 Å². The summed E-state index contributed by atoms with van der Waals surface area (Å²) in [5, 5.41) is 2.63. The van der Waals surface area contributed by atoms with Crippen LogP contribution in [0.25, 0.3) is 0 Å². The minimum absolute atomic E-state index is 0.00782. The van der Waals surface area contributed by atoms with Crippen molar-refractivity contribution in [3.8, 4) is 12.3 Å². The smallest absolute Gasteiger partial charge is 0.337 e. The van der Waals surface area contributed by atoms with E-state index in [4.69, 9.17) is 31.1 Å². The number of hydrogen-bond acceptors (Lipinski definition) is 9. The molecule has 0 saturated carbocycles. The highest BCUT2D eigenvalue weighted by atomic mass is 16.6. The summed E-state index contributed by atoms with van der Waals surface area (Å²) in [4.78, 5) is 47.5. The molecule has 0 fully saturated rings. The molecule has 11 nitrogen and oxygen atoms in total. The van der Waals surface area contributed by atoms with Crippen LogP contribution < -0.4 is 11.1 Å². The Balaban J connectivity index is 2.39. The number of hydrogen-bond donors (Lipinski definition) is 2. The molecular formula is C24H30N2O9. The predicted molar refractivity (Wildman–Crippen MR) is 125 cm³/mol. The van der Waals surface area contributed by atoms with Gasteiger partial charge in [-0.05, 0) is 24.3 Å². The van der Waals surface area contributed by atoms with E-state index in [2.05, 4.69) is 16.0 Å². The lowest BCUT2D eigenvalue weighted by molar-refractivity contribution is -0.113. The fourth-order valence-corrected chi connectivity index (χ4v) is 2.52. The number of nitrogens with one attached hydrogen (secondary N) is 1. The summed E-state index contributed by atoms with van der Waals surface area (Å²) in [6, 6.07) is 3.86. The summed E-state index contributed by atoms with van der Waals surface area (Å²) >= 11 is 0. The van der Waals surface area contributed by atoms with E-state index in [1.54, 1.807) is 0 Å². The highest BCUT2D eigenvalue weighted by Gasteiger charge is 2.16. The number of amides is 2. The Kier molecular flexibility index (Phi) is 15.0. The van der Waals surface area contributed by atoms with Crippen LogP contribution in [0.3, 0.4) is 0 Å². The first-order chi connectivity index (χ1) is 16.9. The van der Waals surface area contributed by atoms with Crippen LogP contribution in [0.1, 0.15) is 31.1 Å². The Hall–Kier alpha value is -3.56. The lowest BCUT2D eigenvalue weighted by Gasteiger charge is -2.09. The fraction of sp³-hybridized carbons (Fsp3) is 0.417. The molecular weight excluding hydrogens is 460 g/mol. The van der Waals surface area contributed by atoms with E-state index in [-0.39, 0.29) is 36.4 Å². The van der Waals surface area contributed by atoms with E-state index < -0.39 is 23.6 Å². The van der Waals surface area contributed by atoms with Gasteiger partial charge in [-0.25, -0.2) is 4.79 Å². The summed E-state index contributed by atoms with van der Waals surface area (Å²) in [7, 11) is 1.18. The molecule has 0 aliphatic carbocycles. The molecule has 0 aliphatic rings. The number of benzene rings is 1. The zero-order valence-electron chi connectivity index (χ0n) is 19.6. The number of carbonyl (C=O) groups is 4. The molecule has 0 spiro atoms. The maximum atomic E-state index is 12.5. The molecule has 1 rings (SSSR count). The van der Waals surface area contributed by atoms with Crippen molar-refractivity contribution in [2.75, 3.05) is 66.5 Å². The molecule has 0 unspecified atom stereocenters. The molecule has 1 aromatic carbocycles. The Labute approximate surface area is 203 Å². The third-order valence-electron chi connectivity index (χ3n) is 4.13. The van der Waals surface area contributed by atoms with Gasteiger partial charge in [-0.1, -0.05) is 5.92 Å². The van der Waals surface area contributed by atoms with E-state index in [0.717, 1.165) is 12.2 Å². The van der Waals surface area contributed by atoms with Crippen molar-refractivity contribution < 1.29 is 42.9 Å². The van der Waals surface area contributed by atoms with Crippen LogP contribution in [0.15, 0.2) is 30.4 Å². The molecule has 0 aromatic heterocycles. The second-order valence-electron chi connectivity index (χ2n) is 6.74. The van der Waals surface area contributed by atoms with Gasteiger partial charge in [0, 0.05) is 23.7 Å². The zero-order valence-corrected chi connectivity index (χ0v) is 19.6. The topological polar surface area (TPSA) is 152 Å². The monoisotopic (exact) mass is 490 g/mol. The number of nitrogens with two attached hydrogens (primary N) is 1. The number of ether oxygens (including phenoxy) is 5. The van der Waals surface area contributed by atoms with Crippen molar-refractivity contribution in [1.82, 2.24) is 5.32 Å². The second-order valence-corrected chi connectivity index (χ2v) is 6.74. The Bertz CT molecular complexity index is 922. The van der Waals surface area contributed by atoms with Crippen molar-refractivity contribution >= 4 is 23.6 Å². The number of esters is 1. The maximum Gasteiger partial charge on any atom is 0.337 e. The second kappa shape index (κ2) is 17.9. The van der Waals surface area contributed by atoms with Crippen LogP contribution in [0, 0.1) is 12.3 Å². The minimum Gasteiger partial charge on any atom is -0.465 e. The predicted octanol–water partition coefficient (Wildman–Crippen LogP) is 0.127. The zero-order chi connectivity index (χ0) is 25.9. The van der Waals surface area contributed by atoms with Crippen LogP contribution in [-0.2, 0) is 28.5 Å². The molecule has 190 valence electrons. The average molecular weight is 491 g/mol. The number of methoxy groups -OCH3 is 1. The molecule has 0 saturated heterocycles. The molecule has 0 aliphatic heterocycles. The Morgan fingerprint density at radius 3 is 1.97 bits per heavy atom. The van der Waals surface area contributed by atoms with Crippen LogP contribution in [0.2, 0.25) is 0 Å². The number of allylic oxidation sites excluding steroid dienone is 1. The van der Waals surface area contributed by atoms with Crippen LogP contribution in [0.5, 0.6) is 0 Å². The van der Waals surface area contributed by atoms with Gasteiger partial charge in [-0.15, -0.1) is 6.42 Å². The lowest BCUT2D eigenvalue weighted by atomic mass is 10.0. The van der Waals surface area contributed by atoms with Crippen molar-refractivity contribution in [1.29, 1.82) is 0 Å². The molecule has 0 radical (unpaired) electrons. The molecule has 0 bridgehead atoms. The summed E-state index contributed by atoms with van der Waals surface area (Å²) in [6.07, 6.45) is 6.90. The number of rotatable bonds is 18. The van der Waals surface area contributed by atoms with Gasteiger partial charge in [-0.3, -0.25) is 14.4 Å². The normalized spacial score (nSPS) is 10.6. The molecule has 0 atom stereocenters. The van der Waals surface area contributed by atoms with E-state index in [1.165, 1.54) is 25.3 Å². The summed E-state index contributed by atoms with van der Waals surface area (Å²) < 4.78 is 25.8. The first-order valence-electron chi connectivity index (χ1n) is 10.7. The van der Waals surface area contributed by atoms with Gasteiger partial charge in [0.2, 0.25) is 5.91 Å². The summed E-state index contributed by atoms with van der Waals surface area (Å²) in [6.45, 7) is 3.03. The SMILES string of the molecule is C#CCOCCOCCOCCOCCNC(=O)c1cc(C(=O)/C=C/C(N)=O)cc(C(=O)OC)c1. The van der Waals surface area contributed by atoms with E-state index in [1.807, 2.05) is 0 Å². The molecule has 3 N–H and O–H groups in total. The highest BCUT2D eigenvalue weighted by molar-refractivity contribution is 6.10. The van der Waals surface area contributed by atoms with Crippen LogP contribution in [0.4, 0.5) is 0 Å². The number of carbonyl (C=O) groups excluding carboxylic acids is 4. The molecule has 0 heterocycles. The van der Waals surface area contributed by atoms with Crippen molar-refractivity contribution in [2.45, 2.75) is 0 Å². The van der Waals surface area contributed by atoms with Gasteiger partial charge in [0.25, 0.3) is 5.91 Å². The Morgan fingerprint density at radius 1 is 0.857 bits per heavy atom. The molecule has 1 aromatic rings. The molecule has 2 amide bonds. The van der Waals surface area contributed by atoms with Crippen molar-refractivity contribution in [3.05, 3.63) is 47.0 Å². The standard InChI is InChI=1S/C24H30N2O9/c1-3-7-32-9-11-34-13-14-35-12-10-33-8-6-26-23(29)19-15-18(21(27)4-5-22(25)28)16-20(17-19)24(30)31-2/h1,4-5,15-17H,6-14H2,2H3,(H2,25,28)(H,26,29)/b5-4+. The van der Waals surface area contributed by atoms with E-state index in [9.17, 15) is 19.2 Å². The van der Waals surface area contributed by atoms with Gasteiger partial charge in [0.15, 0.2) is 5.78 Å². The molecule has 11 heteroatoms. The van der Waals surface area contributed by atoms with Gasteiger partial charge in [0.05, 0.1) is 58.9 Å². The third kappa shape index (κ3) is 13.0. The summed E-state index contributed by atoms with van der Waals surface area (Å²) in [5.74, 6) is -0.292. The Morgan fingerprint density at radius 2 is 1.40 bits per heavy atom. The van der Waals surface area contributed by atoms with Crippen LogP contribution >= 0.6 is 0 Å². The highest BCUT2D eigenvalue weighted by Crippen LogP contribution is 2.13. The largest absolute Gasteiger partial charge is 0.465 e. The van der Waals surface area contributed by atoms with Gasteiger partial charge in [0.1, 0.15) is 6.61 Å². The van der Waals surface area contributed by atoms with Crippen molar-refractivity contribution in [2.24, 2.45) is 5.73 Å². The van der Waals surface area contributed by atoms with Gasteiger partial charge in [-0.2, -0.15) is 0 Å². The lowest BCUT2D eigenvalue weighted by Crippen LogP contribution is -2.28. The minimum atomic E-state index is -0.804.